The standard InChI is InChI=1S/C23H24F2N2O3/c24-17-9-18-19(20(25)10-17)11-23(12-21(18)29)4-6-27(7-5-23)22(30)26-13-15-2-1-3-16(8-15)14-28/h1-3,8-10,28H,4-7,11-14H2,(H,26,30). The van der Waals surface area contributed by atoms with Crippen molar-refractivity contribution >= 4 is 11.8 Å². The molecule has 0 saturated carbocycles. The number of hydrogen-bond donors (Lipinski definition) is 2. The Morgan fingerprint density at radius 3 is 2.57 bits per heavy atom. The van der Waals surface area contributed by atoms with Crippen molar-refractivity contribution in [1.82, 2.24) is 10.2 Å². The molecule has 2 aliphatic rings. The first-order valence-corrected chi connectivity index (χ1v) is 10.1. The van der Waals surface area contributed by atoms with Crippen LogP contribution in [0.2, 0.25) is 0 Å². The third-order valence-electron chi connectivity index (χ3n) is 6.28. The Morgan fingerprint density at radius 1 is 1.10 bits per heavy atom. The molecule has 2 amide bonds. The van der Waals surface area contributed by atoms with E-state index in [9.17, 15) is 23.5 Å². The van der Waals surface area contributed by atoms with Crippen LogP contribution in [-0.2, 0) is 19.6 Å². The normalized spacial score (nSPS) is 17.7. The number of amides is 2. The zero-order valence-electron chi connectivity index (χ0n) is 16.6. The van der Waals surface area contributed by atoms with Gasteiger partial charge in [0.25, 0.3) is 0 Å². The van der Waals surface area contributed by atoms with Crippen molar-refractivity contribution in [2.24, 2.45) is 5.41 Å². The third kappa shape index (κ3) is 4.07. The Morgan fingerprint density at radius 2 is 1.83 bits per heavy atom. The number of piperidine rings is 1. The van der Waals surface area contributed by atoms with Gasteiger partial charge in [0, 0.05) is 37.7 Å². The van der Waals surface area contributed by atoms with Crippen LogP contribution in [0, 0.1) is 17.0 Å². The van der Waals surface area contributed by atoms with Crippen molar-refractivity contribution in [3.63, 3.8) is 0 Å². The van der Waals surface area contributed by atoms with Gasteiger partial charge in [0.15, 0.2) is 5.78 Å². The molecule has 30 heavy (non-hydrogen) atoms. The zero-order valence-corrected chi connectivity index (χ0v) is 16.6. The maximum absolute atomic E-state index is 14.3. The molecule has 0 aromatic heterocycles. The van der Waals surface area contributed by atoms with Crippen molar-refractivity contribution < 1.29 is 23.5 Å². The number of nitrogens with one attached hydrogen (secondary N) is 1. The molecule has 7 heteroatoms. The Hall–Kier alpha value is -2.80. The number of halogens is 2. The molecule has 5 nitrogen and oxygen atoms in total. The van der Waals surface area contributed by atoms with E-state index in [-0.39, 0.29) is 35.8 Å². The van der Waals surface area contributed by atoms with Gasteiger partial charge in [0.05, 0.1) is 6.61 Å². The minimum absolute atomic E-state index is 0.0505. The number of fused-ring (bicyclic) bond motifs is 1. The molecule has 1 aliphatic carbocycles. The summed E-state index contributed by atoms with van der Waals surface area (Å²) in [5.41, 5.74) is 1.77. The molecule has 0 bridgehead atoms. The lowest BCUT2D eigenvalue weighted by atomic mass is 9.66. The second-order valence-electron chi connectivity index (χ2n) is 8.31. The summed E-state index contributed by atoms with van der Waals surface area (Å²) in [4.78, 5) is 26.8. The van der Waals surface area contributed by atoms with Gasteiger partial charge in [-0.2, -0.15) is 0 Å². The van der Waals surface area contributed by atoms with E-state index >= 15 is 0 Å². The lowest BCUT2D eigenvalue weighted by Gasteiger charge is -2.44. The van der Waals surface area contributed by atoms with Gasteiger partial charge >= 0.3 is 6.03 Å². The number of hydrogen-bond acceptors (Lipinski definition) is 3. The van der Waals surface area contributed by atoms with E-state index in [1.807, 2.05) is 24.3 Å². The zero-order chi connectivity index (χ0) is 21.3. The first-order valence-electron chi connectivity index (χ1n) is 10.1. The highest BCUT2D eigenvalue weighted by molar-refractivity contribution is 5.99. The summed E-state index contributed by atoms with van der Waals surface area (Å²) in [6.45, 7) is 1.27. The van der Waals surface area contributed by atoms with E-state index in [0.29, 0.717) is 44.5 Å². The Bertz CT molecular complexity index is 984. The molecule has 1 fully saturated rings. The summed E-state index contributed by atoms with van der Waals surface area (Å²) in [5.74, 6) is -1.62. The van der Waals surface area contributed by atoms with Gasteiger partial charge in [0.1, 0.15) is 11.6 Å². The van der Waals surface area contributed by atoms with Gasteiger partial charge in [-0.05, 0) is 47.4 Å². The first kappa shape index (κ1) is 20.5. The van der Waals surface area contributed by atoms with Crippen LogP contribution in [0.15, 0.2) is 36.4 Å². The number of carbonyl (C=O) groups excluding carboxylic acids is 2. The van der Waals surface area contributed by atoms with Crippen LogP contribution < -0.4 is 5.32 Å². The molecule has 2 aromatic rings. The molecule has 2 aromatic carbocycles. The molecule has 1 saturated heterocycles. The summed E-state index contributed by atoms with van der Waals surface area (Å²) >= 11 is 0. The van der Waals surface area contributed by atoms with Gasteiger partial charge in [-0.3, -0.25) is 4.79 Å². The Kier molecular flexibility index (Phi) is 5.56. The van der Waals surface area contributed by atoms with E-state index in [4.69, 9.17) is 0 Å². The number of aliphatic hydroxyl groups excluding tert-OH is 1. The van der Waals surface area contributed by atoms with Gasteiger partial charge in [0.2, 0.25) is 0 Å². The Balaban J connectivity index is 1.37. The van der Waals surface area contributed by atoms with Crippen molar-refractivity contribution in [2.45, 2.75) is 38.8 Å². The lowest BCUT2D eigenvalue weighted by molar-refractivity contribution is 0.0729. The molecule has 0 unspecified atom stereocenters. The van der Waals surface area contributed by atoms with Gasteiger partial charge in [-0.25, -0.2) is 13.6 Å². The third-order valence-corrected chi connectivity index (χ3v) is 6.28. The molecular formula is C23H24F2N2O3. The second kappa shape index (κ2) is 8.14. The molecule has 158 valence electrons. The van der Waals surface area contributed by atoms with Crippen molar-refractivity contribution in [3.05, 3.63) is 70.3 Å². The minimum Gasteiger partial charge on any atom is -0.392 e. The number of Topliss-reactive ketones (excluding diaryl/α,β-unsaturated/α-hetero) is 1. The average Bonchev–Trinajstić information content (AvgIpc) is 2.74. The fourth-order valence-corrected chi connectivity index (χ4v) is 4.57. The van der Waals surface area contributed by atoms with E-state index in [1.165, 1.54) is 0 Å². The van der Waals surface area contributed by atoms with Crippen LogP contribution >= 0.6 is 0 Å². The number of aliphatic hydroxyl groups is 1. The summed E-state index contributed by atoms with van der Waals surface area (Å²) in [6.07, 6.45) is 1.85. The highest BCUT2D eigenvalue weighted by atomic mass is 19.1. The van der Waals surface area contributed by atoms with Crippen LogP contribution in [0.4, 0.5) is 13.6 Å². The smallest absolute Gasteiger partial charge is 0.317 e. The Labute approximate surface area is 173 Å². The van der Waals surface area contributed by atoms with Crippen LogP contribution in [0.5, 0.6) is 0 Å². The molecule has 1 spiro atoms. The van der Waals surface area contributed by atoms with Crippen LogP contribution in [0.25, 0.3) is 0 Å². The van der Waals surface area contributed by atoms with Crippen molar-refractivity contribution in [3.8, 4) is 0 Å². The molecular weight excluding hydrogens is 390 g/mol. The average molecular weight is 414 g/mol. The minimum atomic E-state index is -0.730. The quantitative estimate of drug-likeness (QED) is 0.807. The summed E-state index contributed by atoms with van der Waals surface area (Å²) in [7, 11) is 0. The maximum atomic E-state index is 14.3. The highest BCUT2D eigenvalue weighted by Gasteiger charge is 2.42. The summed E-state index contributed by atoms with van der Waals surface area (Å²) in [5, 5.41) is 12.1. The largest absolute Gasteiger partial charge is 0.392 e. The highest BCUT2D eigenvalue weighted by Crippen LogP contribution is 2.44. The lowest BCUT2D eigenvalue weighted by Crippen LogP contribution is -2.49. The SMILES string of the molecule is O=C1CC2(CCN(C(=O)NCc3cccc(CO)c3)CC2)Cc2c(F)cc(F)cc21. The number of urea groups is 1. The molecule has 4 rings (SSSR count). The molecule has 0 atom stereocenters. The fourth-order valence-electron chi connectivity index (χ4n) is 4.57. The number of rotatable bonds is 3. The molecule has 1 aliphatic heterocycles. The summed E-state index contributed by atoms with van der Waals surface area (Å²) in [6, 6.07) is 9.15. The van der Waals surface area contributed by atoms with Gasteiger partial charge in [-0.15, -0.1) is 0 Å². The fraction of sp³-hybridized carbons (Fsp3) is 0.391. The van der Waals surface area contributed by atoms with Gasteiger partial charge in [-0.1, -0.05) is 24.3 Å². The van der Waals surface area contributed by atoms with E-state index < -0.39 is 11.6 Å². The predicted molar refractivity (Wildman–Crippen MR) is 107 cm³/mol. The van der Waals surface area contributed by atoms with Gasteiger partial charge < -0.3 is 15.3 Å². The number of carbonyl (C=O) groups is 2. The van der Waals surface area contributed by atoms with E-state index in [1.54, 1.807) is 4.90 Å². The maximum Gasteiger partial charge on any atom is 0.317 e. The van der Waals surface area contributed by atoms with Crippen molar-refractivity contribution in [2.75, 3.05) is 13.1 Å². The van der Waals surface area contributed by atoms with Crippen LogP contribution in [0.1, 0.15) is 46.3 Å². The summed E-state index contributed by atoms with van der Waals surface area (Å²) < 4.78 is 27.8. The van der Waals surface area contributed by atoms with Crippen molar-refractivity contribution in [1.29, 1.82) is 0 Å². The van der Waals surface area contributed by atoms with E-state index in [0.717, 1.165) is 23.3 Å². The number of nitrogens with zero attached hydrogens (tertiary/aromatic N) is 1. The van der Waals surface area contributed by atoms with E-state index in [2.05, 4.69) is 5.32 Å². The number of benzene rings is 2. The van der Waals surface area contributed by atoms with Crippen LogP contribution in [-0.4, -0.2) is 34.9 Å². The first-order chi connectivity index (χ1) is 14.4. The monoisotopic (exact) mass is 414 g/mol. The number of likely N-dealkylation sites (tertiary alicyclic amines) is 1. The topological polar surface area (TPSA) is 69.6 Å². The molecule has 2 N–H and O–H groups in total. The molecule has 0 radical (unpaired) electrons. The molecule has 1 heterocycles. The second-order valence-corrected chi connectivity index (χ2v) is 8.31. The number of ketones is 1. The van der Waals surface area contributed by atoms with Crippen LogP contribution in [0.3, 0.4) is 0 Å². The predicted octanol–water partition coefficient (Wildman–Crippen LogP) is 3.58.